The van der Waals surface area contributed by atoms with Gasteiger partial charge in [0.15, 0.2) is 0 Å². The molecule has 4 heterocycles. The first kappa shape index (κ1) is 18.7. The van der Waals surface area contributed by atoms with Crippen LogP contribution >= 0.6 is 11.6 Å². The molecule has 7 nitrogen and oxygen atoms in total. The van der Waals surface area contributed by atoms with Gasteiger partial charge in [0.2, 0.25) is 0 Å². The summed E-state index contributed by atoms with van der Waals surface area (Å²) in [5.74, 6) is 0. The number of aromatic nitrogens is 4. The molecule has 3 fully saturated rings. The van der Waals surface area contributed by atoms with E-state index in [-0.39, 0.29) is 5.54 Å². The molecule has 1 aliphatic carbocycles. The van der Waals surface area contributed by atoms with E-state index in [1.54, 1.807) is 0 Å². The van der Waals surface area contributed by atoms with Crippen molar-refractivity contribution in [1.29, 1.82) is 0 Å². The van der Waals surface area contributed by atoms with Crippen molar-refractivity contribution in [2.75, 3.05) is 44.3 Å². The molecule has 0 amide bonds. The maximum atomic E-state index is 6.71. The molecule has 0 bridgehead atoms. The summed E-state index contributed by atoms with van der Waals surface area (Å²) in [6.45, 7) is 8.04. The van der Waals surface area contributed by atoms with Crippen LogP contribution in [-0.4, -0.2) is 69.4 Å². The first-order valence-corrected chi connectivity index (χ1v) is 11.3. The van der Waals surface area contributed by atoms with Gasteiger partial charge in [0.05, 0.1) is 47.5 Å². The van der Waals surface area contributed by atoms with Crippen LogP contribution in [0.1, 0.15) is 32.2 Å². The molecular weight excluding hydrogens is 400 g/mol. The molecule has 3 aliphatic rings. The van der Waals surface area contributed by atoms with Crippen molar-refractivity contribution in [1.82, 2.24) is 24.5 Å². The number of fused-ring (bicyclic) bond motifs is 1. The Labute approximate surface area is 181 Å². The van der Waals surface area contributed by atoms with Gasteiger partial charge in [0.1, 0.15) is 5.69 Å². The number of piperazine rings is 1. The summed E-state index contributed by atoms with van der Waals surface area (Å²) in [5.41, 5.74) is 3.35. The van der Waals surface area contributed by atoms with Crippen LogP contribution in [0.25, 0.3) is 16.6 Å². The topological polar surface area (TPSA) is 51.3 Å². The predicted octanol–water partition coefficient (Wildman–Crippen LogP) is 3.51. The summed E-state index contributed by atoms with van der Waals surface area (Å²) in [6.07, 6.45) is 9.45. The minimum atomic E-state index is 0.181. The molecular formula is C22H27ClN6O. The zero-order chi connectivity index (χ0) is 20.3. The zero-order valence-electron chi connectivity index (χ0n) is 17.3. The van der Waals surface area contributed by atoms with Crippen LogP contribution in [-0.2, 0) is 4.74 Å². The Morgan fingerprint density at radius 3 is 2.67 bits per heavy atom. The van der Waals surface area contributed by atoms with Gasteiger partial charge in [-0.05, 0) is 38.3 Å². The first-order chi connectivity index (χ1) is 14.6. The quantitative estimate of drug-likeness (QED) is 0.639. The highest BCUT2D eigenvalue weighted by Gasteiger charge is 2.37. The van der Waals surface area contributed by atoms with Crippen molar-refractivity contribution in [3.05, 3.63) is 35.7 Å². The Bertz CT molecular complexity index is 1070. The van der Waals surface area contributed by atoms with E-state index >= 15 is 0 Å². The van der Waals surface area contributed by atoms with Crippen molar-refractivity contribution in [2.45, 2.75) is 37.8 Å². The zero-order valence-corrected chi connectivity index (χ0v) is 18.1. The minimum absolute atomic E-state index is 0.181. The SMILES string of the molecule is C[C@]1(N2CCN(c3cc4c(cnn4-c4cnn(C5CC5)c4)cc3Cl)CC2)CCOC1. The van der Waals surface area contributed by atoms with Gasteiger partial charge >= 0.3 is 0 Å². The summed E-state index contributed by atoms with van der Waals surface area (Å²) in [4.78, 5) is 4.99. The van der Waals surface area contributed by atoms with E-state index in [4.69, 9.17) is 16.3 Å². The third-order valence-electron chi connectivity index (χ3n) is 6.97. The lowest BCUT2D eigenvalue weighted by molar-refractivity contribution is 0.0745. The number of benzene rings is 1. The van der Waals surface area contributed by atoms with Crippen LogP contribution in [0, 0.1) is 0 Å². The van der Waals surface area contributed by atoms with Gasteiger partial charge < -0.3 is 9.64 Å². The number of hydrogen-bond acceptors (Lipinski definition) is 5. The number of hydrogen-bond donors (Lipinski definition) is 0. The third kappa shape index (κ3) is 3.11. The highest BCUT2D eigenvalue weighted by Crippen LogP contribution is 2.36. The van der Waals surface area contributed by atoms with Gasteiger partial charge in [-0.1, -0.05) is 11.6 Å². The standard InChI is InChI=1S/C22H27ClN6O/c1-22(4-9-30-15-22)27-7-5-26(6-8-27)21-11-20-16(10-19(21)23)12-25-29(20)18-13-24-28(14-18)17-2-3-17/h10-14,17H,2-9,15H2,1H3/t22-/m0/s1. The van der Waals surface area contributed by atoms with Gasteiger partial charge in [-0.3, -0.25) is 9.58 Å². The summed E-state index contributed by atoms with van der Waals surface area (Å²) < 4.78 is 9.71. The highest BCUT2D eigenvalue weighted by molar-refractivity contribution is 6.34. The third-order valence-corrected chi connectivity index (χ3v) is 7.27. The predicted molar refractivity (Wildman–Crippen MR) is 118 cm³/mol. The van der Waals surface area contributed by atoms with Gasteiger partial charge in [-0.25, -0.2) is 4.68 Å². The molecule has 2 saturated heterocycles. The lowest BCUT2D eigenvalue weighted by Gasteiger charge is -2.44. The monoisotopic (exact) mass is 426 g/mol. The molecule has 2 aromatic heterocycles. The molecule has 0 N–H and O–H groups in total. The fourth-order valence-corrected chi connectivity index (χ4v) is 5.14. The normalized spacial score (nSPS) is 25.5. The summed E-state index contributed by atoms with van der Waals surface area (Å²) in [5, 5.41) is 11.0. The van der Waals surface area contributed by atoms with Gasteiger partial charge in [0, 0.05) is 43.7 Å². The molecule has 3 aromatic rings. The Morgan fingerprint density at radius 1 is 1.10 bits per heavy atom. The average molecular weight is 427 g/mol. The number of halogens is 1. The molecule has 1 aromatic carbocycles. The largest absolute Gasteiger partial charge is 0.379 e. The van der Waals surface area contributed by atoms with Crippen LogP contribution in [0.3, 0.4) is 0 Å². The Morgan fingerprint density at radius 2 is 1.93 bits per heavy atom. The number of anilines is 1. The highest BCUT2D eigenvalue weighted by atomic mass is 35.5. The van der Waals surface area contributed by atoms with Crippen molar-refractivity contribution < 1.29 is 4.74 Å². The van der Waals surface area contributed by atoms with Crippen LogP contribution in [0.15, 0.2) is 30.7 Å². The summed E-state index contributed by atoms with van der Waals surface area (Å²) >= 11 is 6.71. The number of nitrogens with zero attached hydrogens (tertiary/aromatic N) is 6. The average Bonchev–Trinajstić information content (AvgIpc) is 3.13. The molecule has 0 radical (unpaired) electrons. The Balaban J connectivity index is 1.27. The fraction of sp³-hybridized carbons (Fsp3) is 0.545. The Kier molecular flexibility index (Phi) is 4.34. The molecule has 1 atom stereocenters. The fourth-order valence-electron chi connectivity index (χ4n) is 4.85. The smallest absolute Gasteiger partial charge is 0.103 e. The second-order valence-electron chi connectivity index (χ2n) is 9.10. The molecule has 8 heteroatoms. The van der Waals surface area contributed by atoms with E-state index in [2.05, 4.69) is 43.9 Å². The van der Waals surface area contributed by atoms with E-state index in [0.29, 0.717) is 6.04 Å². The molecule has 0 unspecified atom stereocenters. The van der Waals surface area contributed by atoms with Crippen molar-refractivity contribution in [3.63, 3.8) is 0 Å². The lowest BCUT2D eigenvalue weighted by Crippen LogP contribution is -2.56. The van der Waals surface area contributed by atoms with Crippen LogP contribution in [0.5, 0.6) is 0 Å². The molecule has 6 rings (SSSR count). The van der Waals surface area contributed by atoms with E-state index in [1.165, 1.54) is 12.8 Å². The van der Waals surface area contributed by atoms with E-state index < -0.39 is 0 Å². The maximum Gasteiger partial charge on any atom is 0.103 e. The molecule has 0 spiro atoms. The Hall–Kier alpha value is -2.09. The van der Waals surface area contributed by atoms with Gasteiger partial charge in [-0.2, -0.15) is 10.2 Å². The van der Waals surface area contributed by atoms with Gasteiger partial charge in [-0.15, -0.1) is 0 Å². The molecule has 30 heavy (non-hydrogen) atoms. The second kappa shape index (κ2) is 6.97. The van der Waals surface area contributed by atoms with Crippen molar-refractivity contribution in [3.8, 4) is 5.69 Å². The number of ether oxygens (including phenoxy) is 1. The molecule has 2 aliphatic heterocycles. The summed E-state index contributed by atoms with van der Waals surface area (Å²) in [7, 11) is 0. The van der Waals surface area contributed by atoms with Crippen LogP contribution in [0.4, 0.5) is 5.69 Å². The lowest BCUT2D eigenvalue weighted by atomic mass is 9.98. The summed E-state index contributed by atoms with van der Waals surface area (Å²) in [6, 6.07) is 4.79. The minimum Gasteiger partial charge on any atom is -0.379 e. The maximum absolute atomic E-state index is 6.71. The van der Waals surface area contributed by atoms with Crippen LogP contribution < -0.4 is 4.90 Å². The van der Waals surface area contributed by atoms with Crippen LogP contribution in [0.2, 0.25) is 5.02 Å². The van der Waals surface area contributed by atoms with E-state index in [1.807, 2.05) is 23.1 Å². The first-order valence-electron chi connectivity index (χ1n) is 10.9. The molecule has 158 valence electrons. The van der Waals surface area contributed by atoms with E-state index in [9.17, 15) is 0 Å². The molecule has 1 saturated carbocycles. The second-order valence-corrected chi connectivity index (χ2v) is 9.51. The van der Waals surface area contributed by atoms with Crippen molar-refractivity contribution in [2.24, 2.45) is 0 Å². The van der Waals surface area contributed by atoms with Crippen molar-refractivity contribution >= 4 is 28.2 Å². The number of rotatable bonds is 4. The van der Waals surface area contributed by atoms with E-state index in [0.717, 1.165) is 73.1 Å². The van der Waals surface area contributed by atoms with Gasteiger partial charge in [0.25, 0.3) is 0 Å².